The van der Waals surface area contributed by atoms with Crippen molar-refractivity contribution in [3.63, 3.8) is 0 Å². The van der Waals surface area contributed by atoms with E-state index in [9.17, 15) is 18.0 Å². The molecule has 1 N–H and O–H groups in total. The van der Waals surface area contributed by atoms with Gasteiger partial charge in [0.15, 0.2) is 0 Å². The average Bonchev–Trinajstić information content (AvgIpc) is 3.28. The van der Waals surface area contributed by atoms with E-state index in [1.165, 1.54) is 32.7 Å². The van der Waals surface area contributed by atoms with E-state index in [1.807, 2.05) is 0 Å². The Morgan fingerprint density at radius 3 is 2.50 bits per heavy atom. The number of piperazine rings is 1. The average molecular weight is 451 g/mol. The van der Waals surface area contributed by atoms with Gasteiger partial charge < -0.3 is 15.1 Å². The van der Waals surface area contributed by atoms with Gasteiger partial charge in [0.05, 0.1) is 16.3 Å². The normalized spacial score (nSPS) is 15.7. The van der Waals surface area contributed by atoms with E-state index in [1.54, 1.807) is 36.7 Å². The largest absolute Gasteiger partial charge is 0.332 e. The number of likely N-dealkylation sites (N-methyl/N-ethyl adjacent to an activating group) is 2. The van der Waals surface area contributed by atoms with E-state index in [0.717, 1.165) is 6.54 Å². The molecular weight excluding hydrogens is 424 g/mol. The first kappa shape index (κ1) is 22.4. The second kappa shape index (κ2) is 9.69. The lowest BCUT2D eigenvalue weighted by molar-refractivity contribution is -0.116. The molecule has 2 aromatic rings. The van der Waals surface area contributed by atoms with Gasteiger partial charge in [0, 0.05) is 38.9 Å². The Kier molecular flexibility index (Phi) is 7.24. The highest BCUT2D eigenvalue weighted by atomic mass is 32.2. The molecule has 1 aliphatic rings. The van der Waals surface area contributed by atoms with Crippen LogP contribution in [0, 0.1) is 0 Å². The molecule has 2 amide bonds. The molecule has 1 aromatic heterocycles. The van der Waals surface area contributed by atoms with Gasteiger partial charge in [-0.25, -0.2) is 8.42 Å². The molecule has 2 heterocycles. The minimum atomic E-state index is -3.63. The lowest BCUT2D eigenvalue weighted by Crippen LogP contribution is -2.48. The molecule has 8 nitrogen and oxygen atoms in total. The predicted octanol–water partition coefficient (Wildman–Crippen LogP) is 1.78. The van der Waals surface area contributed by atoms with Crippen LogP contribution in [0.25, 0.3) is 0 Å². The fourth-order valence-corrected chi connectivity index (χ4v) is 5.43. The summed E-state index contributed by atoms with van der Waals surface area (Å²) in [6, 6.07) is 9.71. The Morgan fingerprint density at radius 2 is 1.87 bits per heavy atom. The molecule has 1 aromatic carbocycles. The quantitative estimate of drug-likeness (QED) is 0.695. The van der Waals surface area contributed by atoms with Crippen LogP contribution in [0.1, 0.15) is 16.6 Å². The van der Waals surface area contributed by atoms with Crippen molar-refractivity contribution >= 4 is 38.9 Å². The number of amides is 2. The summed E-state index contributed by atoms with van der Waals surface area (Å²) in [5.41, 5.74) is 0.380. The number of nitrogens with zero attached hydrogens (tertiary/aromatic N) is 3. The van der Waals surface area contributed by atoms with Gasteiger partial charge in [0.25, 0.3) is 5.91 Å². The number of carbonyl (C=O) groups excluding carboxylic acids is 2. The second-order valence-corrected chi connectivity index (χ2v) is 9.94. The zero-order chi connectivity index (χ0) is 21.7. The van der Waals surface area contributed by atoms with Crippen molar-refractivity contribution in [1.29, 1.82) is 0 Å². The summed E-state index contributed by atoms with van der Waals surface area (Å²) >= 11 is 1.31. The molecule has 0 radical (unpaired) electrons. The lowest BCUT2D eigenvalue weighted by Gasteiger charge is -2.33. The SMILES string of the molecule is CCN1CCN(S(=O)(=O)c2cccc(NC(=O)CN(C)C(=O)c3cccs3)c2)CC1. The van der Waals surface area contributed by atoms with E-state index in [4.69, 9.17) is 0 Å². The topological polar surface area (TPSA) is 90.0 Å². The number of sulfonamides is 1. The summed E-state index contributed by atoms with van der Waals surface area (Å²) in [5, 5.41) is 4.48. The zero-order valence-electron chi connectivity index (χ0n) is 17.1. The van der Waals surface area contributed by atoms with Crippen LogP contribution in [0.2, 0.25) is 0 Å². The molecular formula is C20H26N4O4S2. The monoisotopic (exact) mass is 450 g/mol. The van der Waals surface area contributed by atoms with Crippen molar-refractivity contribution in [2.24, 2.45) is 0 Å². The summed E-state index contributed by atoms with van der Waals surface area (Å²) in [4.78, 5) is 28.9. The first-order valence-corrected chi connectivity index (χ1v) is 12.0. The zero-order valence-corrected chi connectivity index (χ0v) is 18.7. The first-order valence-electron chi connectivity index (χ1n) is 9.72. The van der Waals surface area contributed by atoms with Crippen LogP contribution in [-0.4, -0.2) is 80.7 Å². The van der Waals surface area contributed by atoms with Crippen LogP contribution < -0.4 is 5.32 Å². The van der Waals surface area contributed by atoms with E-state index < -0.39 is 15.9 Å². The number of hydrogen-bond acceptors (Lipinski definition) is 6. The molecule has 0 bridgehead atoms. The van der Waals surface area contributed by atoms with Crippen molar-refractivity contribution in [2.45, 2.75) is 11.8 Å². The first-order chi connectivity index (χ1) is 14.3. The maximum atomic E-state index is 13.0. The van der Waals surface area contributed by atoms with Gasteiger partial charge in [-0.3, -0.25) is 9.59 Å². The summed E-state index contributed by atoms with van der Waals surface area (Å²) in [5.74, 6) is -0.629. The van der Waals surface area contributed by atoms with Crippen LogP contribution in [0.4, 0.5) is 5.69 Å². The molecule has 0 spiro atoms. The van der Waals surface area contributed by atoms with Crippen molar-refractivity contribution in [2.75, 3.05) is 51.6 Å². The van der Waals surface area contributed by atoms with Crippen molar-refractivity contribution < 1.29 is 18.0 Å². The number of rotatable bonds is 7. The van der Waals surface area contributed by atoms with Crippen LogP contribution in [0.15, 0.2) is 46.7 Å². The van der Waals surface area contributed by atoms with Gasteiger partial charge >= 0.3 is 0 Å². The van der Waals surface area contributed by atoms with E-state index >= 15 is 0 Å². The molecule has 162 valence electrons. The third kappa shape index (κ3) is 5.25. The fraction of sp³-hybridized carbons (Fsp3) is 0.400. The molecule has 0 aliphatic carbocycles. The van der Waals surface area contributed by atoms with Gasteiger partial charge in [-0.1, -0.05) is 19.1 Å². The highest BCUT2D eigenvalue weighted by Crippen LogP contribution is 2.21. The Hall–Kier alpha value is -2.27. The molecule has 30 heavy (non-hydrogen) atoms. The smallest absolute Gasteiger partial charge is 0.264 e. The van der Waals surface area contributed by atoms with Crippen LogP contribution in [0.3, 0.4) is 0 Å². The molecule has 10 heteroatoms. The third-order valence-electron chi connectivity index (χ3n) is 4.99. The van der Waals surface area contributed by atoms with Crippen LogP contribution >= 0.6 is 11.3 Å². The number of hydrogen-bond donors (Lipinski definition) is 1. The summed E-state index contributed by atoms with van der Waals surface area (Å²) in [6.07, 6.45) is 0. The van der Waals surface area contributed by atoms with Crippen molar-refractivity contribution in [3.05, 3.63) is 46.7 Å². The Bertz CT molecular complexity index is 984. The van der Waals surface area contributed by atoms with Crippen LogP contribution in [0.5, 0.6) is 0 Å². The highest BCUT2D eigenvalue weighted by molar-refractivity contribution is 7.89. The van der Waals surface area contributed by atoms with Crippen LogP contribution in [-0.2, 0) is 14.8 Å². The minimum absolute atomic E-state index is 0.132. The lowest BCUT2D eigenvalue weighted by atomic mass is 10.3. The minimum Gasteiger partial charge on any atom is -0.332 e. The number of benzene rings is 1. The third-order valence-corrected chi connectivity index (χ3v) is 7.75. The van der Waals surface area contributed by atoms with Gasteiger partial charge in [0.1, 0.15) is 0 Å². The number of nitrogens with one attached hydrogen (secondary N) is 1. The summed E-state index contributed by atoms with van der Waals surface area (Å²) < 4.78 is 27.4. The van der Waals surface area contributed by atoms with E-state index in [-0.39, 0.29) is 17.3 Å². The Morgan fingerprint density at radius 1 is 1.13 bits per heavy atom. The number of thiophene rings is 1. The molecule has 1 saturated heterocycles. The molecule has 1 aliphatic heterocycles. The number of carbonyl (C=O) groups is 2. The molecule has 3 rings (SSSR count). The predicted molar refractivity (Wildman–Crippen MR) is 117 cm³/mol. The maximum Gasteiger partial charge on any atom is 0.264 e. The van der Waals surface area contributed by atoms with Gasteiger partial charge in [0.2, 0.25) is 15.9 Å². The van der Waals surface area contributed by atoms with Gasteiger partial charge in [-0.15, -0.1) is 11.3 Å². The molecule has 0 saturated carbocycles. The second-order valence-electron chi connectivity index (χ2n) is 7.05. The van der Waals surface area contributed by atoms with Crippen molar-refractivity contribution in [3.8, 4) is 0 Å². The standard InChI is InChI=1S/C20H26N4O4S2/c1-3-23-9-11-24(12-10-23)30(27,28)17-7-4-6-16(14-17)21-19(25)15-22(2)20(26)18-8-5-13-29-18/h4-8,13-14H,3,9-12,15H2,1-2H3,(H,21,25). The van der Waals surface area contributed by atoms with Crippen molar-refractivity contribution in [1.82, 2.24) is 14.1 Å². The Labute approximate surface area is 181 Å². The maximum absolute atomic E-state index is 13.0. The highest BCUT2D eigenvalue weighted by Gasteiger charge is 2.28. The number of anilines is 1. The Balaban J connectivity index is 1.63. The molecule has 0 atom stereocenters. The summed E-state index contributed by atoms with van der Waals surface area (Å²) in [7, 11) is -2.07. The van der Waals surface area contributed by atoms with Gasteiger partial charge in [-0.05, 0) is 36.2 Å². The molecule has 0 unspecified atom stereocenters. The van der Waals surface area contributed by atoms with Gasteiger partial charge in [-0.2, -0.15) is 4.31 Å². The molecule has 1 fully saturated rings. The van der Waals surface area contributed by atoms with E-state index in [0.29, 0.717) is 36.7 Å². The van der Waals surface area contributed by atoms with E-state index in [2.05, 4.69) is 17.1 Å². The summed E-state index contributed by atoms with van der Waals surface area (Å²) in [6.45, 7) is 5.13. The fourth-order valence-electron chi connectivity index (χ4n) is 3.25.